The molecule has 10 heteroatoms. The van der Waals surface area contributed by atoms with Crippen LogP contribution in [0.5, 0.6) is 0 Å². The van der Waals surface area contributed by atoms with Gasteiger partial charge in [0.05, 0.1) is 16.3 Å². The van der Waals surface area contributed by atoms with Crippen molar-refractivity contribution in [2.45, 2.75) is 0 Å². The SMILES string of the molecule is Br.O=C(/C=C1/SC(=Nc2ccc(F)cc2)N(c2ccc(F)cc2)C1=O)Nc1ccc(Cl)cc1. The molecule has 1 fully saturated rings. The van der Waals surface area contributed by atoms with Crippen molar-refractivity contribution in [2.75, 3.05) is 10.2 Å². The van der Waals surface area contributed by atoms with Gasteiger partial charge in [0.2, 0.25) is 5.91 Å². The highest BCUT2D eigenvalue weighted by Crippen LogP contribution is 2.36. The lowest BCUT2D eigenvalue weighted by Crippen LogP contribution is -2.28. The van der Waals surface area contributed by atoms with Crippen LogP contribution in [-0.4, -0.2) is 17.0 Å². The molecule has 1 aliphatic rings. The molecule has 0 atom stereocenters. The molecule has 0 saturated carbocycles. The predicted octanol–water partition coefficient (Wildman–Crippen LogP) is 6.49. The van der Waals surface area contributed by atoms with E-state index in [2.05, 4.69) is 10.3 Å². The molecule has 2 amide bonds. The number of aliphatic imine (C=N–C) groups is 1. The van der Waals surface area contributed by atoms with Gasteiger partial charge in [-0.05, 0) is 84.6 Å². The van der Waals surface area contributed by atoms with Gasteiger partial charge in [0.15, 0.2) is 5.17 Å². The smallest absolute Gasteiger partial charge is 0.271 e. The summed E-state index contributed by atoms with van der Waals surface area (Å²) in [6.07, 6.45) is 1.17. The number of rotatable bonds is 4. The van der Waals surface area contributed by atoms with E-state index in [1.807, 2.05) is 0 Å². The molecule has 1 heterocycles. The van der Waals surface area contributed by atoms with Crippen LogP contribution in [0.25, 0.3) is 0 Å². The standard InChI is InChI=1S/C23H14ClF2N3O2S.BrH/c24-14-1-7-17(8-2-14)27-21(30)13-20-22(31)29(19-11-5-16(26)6-12-19)23(32-20)28-18-9-3-15(25)4-10-18;/h1-13H,(H,27,30);1H/b20-13+,28-23?;. The Kier molecular flexibility index (Phi) is 8.01. The molecule has 1 aliphatic heterocycles. The lowest BCUT2D eigenvalue weighted by molar-refractivity contribution is -0.115. The molecule has 4 rings (SSSR count). The van der Waals surface area contributed by atoms with Crippen molar-refractivity contribution >= 4 is 74.4 Å². The quantitative estimate of drug-likeness (QED) is 0.378. The van der Waals surface area contributed by atoms with Crippen LogP contribution in [0.1, 0.15) is 0 Å². The van der Waals surface area contributed by atoms with Gasteiger partial charge in [0.1, 0.15) is 11.6 Å². The van der Waals surface area contributed by atoms with Crippen molar-refractivity contribution in [1.82, 2.24) is 0 Å². The van der Waals surface area contributed by atoms with E-state index in [0.29, 0.717) is 22.1 Å². The molecule has 0 unspecified atom stereocenters. The maximum Gasteiger partial charge on any atom is 0.271 e. The highest BCUT2D eigenvalue weighted by Gasteiger charge is 2.35. The van der Waals surface area contributed by atoms with Gasteiger partial charge < -0.3 is 5.32 Å². The Hall–Kier alpha value is -3.01. The van der Waals surface area contributed by atoms with E-state index in [4.69, 9.17) is 11.6 Å². The molecular weight excluding hydrogens is 536 g/mol. The Morgan fingerprint density at radius 1 is 0.939 bits per heavy atom. The fraction of sp³-hybridized carbons (Fsp3) is 0. The van der Waals surface area contributed by atoms with Crippen LogP contribution in [0.15, 0.2) is 88.8 Å². The lowest BCUT2D eigenvalue weighted by Gasteiger charge is -2.15. The van der Waals surface area contributed by atoms with Gasteiger partial charge in [-0.3, -0.25) is 14.5 Å². The molecule has 3 aromatic carbocycles. The van der Waals surface area contributed by atoms with E-state index < -0.39 is 23.4 Å². The first-order valence-corrected chi connectivity index (χ1v) is 10.5. The number of nitrogens with one attached hydrogen (secondary N) is 1. The Labute approximate surface area is 207 Å². The third kappa shape index (κ3) is 6.07. The number of amides is 2. The Morgan fingerprint density at radius 2 is 1.52 bits per heavy atom. The fourth-order valence-electron chi connectivity index (χ4n) is 2.82. The molecule has 0 aliphatic carbocycles. The van der Waals surface area contributed by atoms with Crippen LogP contribution in [-0.2, 0) is 9.59 Å². The van der Waals surface area contributed by atoms with Gasteiger partial charge >= 0.3 is 0 Å². The van der Waals surface area contributed by atoms with Crippen LogP contribution in [0.3, 0.4) is 0 Å². The molecule has 0 aromatic heterocycles. The monoisotopic (exact) mass is 549 g/mol. The van der Waals surface area contributed by atoms with Crippen LogP contribution in [0, 0.1) is 11.6 Å². The number of amidine groups is 1. The normalized spacial score (nSPS) is 15.6. The average molecular weight is 551 g/mol. The molecule has 1 saturated heterocycles. The summed E-state index contributed by atoms with van der Waals surface area (Å²) in [4.78, 5) is 31.4. The molecular formula is C23H15BrClF2N3O2S. The van der Waals surface area contributed by atoms with Crippen molar-refractivity contribution in [3.05, 3.63) is 100 Å². The molecule has 0 radical (unpaired) electrons. The lowest BCUT2D eigenvalue weighted by atomic mass is 10.2. The van der Waals surface area contributed by atoms with Crippen molar-refractivity contribution in [3.8, 4) is 0 Å². The molecule has 33 heavy (non-hydrogen) atoms. The summed E-state index contributed by atoms with van der Waals surface area (Å²) in [6, 6.07) is 17.3. The van der Waals surface area contributed by atoms with Gasteiger partial charge in [0, 0.05) is 16.8 Å². The highest BCUT2D eigenvalue weighted by molar-refractivity contribution is 8.93. The van der Waals surface area contributed by atoms with E-state index in [-0.39, 0.29) is 27.1 Å². The zero-order valence-electron chi connectivity index (χ0n) is 16.7. The van der Waals surface area contributed by atoms with E-state index >= 15 is 0 Å². The van der Waals surface area contributed by atoms with Crippen molar-refractivity contribution in [1.29, 1.82) is 0 Å². The largest absolute Gasteiger partial charge is 0.322 e. The third-order valence-electron chi connectivity index (χ3n) is 4.32. The van der Waals surface area contributed by atoms with Crippen molar-refractivity contribution in [3.63, 3.8) is 0 Å². The van der Waals surface area contributed by atoms with E-state index in [0.717, 1.165) is 11.8 Å². The summed E-state index contributed by atoms with van der Waals surface area (Å²) in [6.45, 7) is 0. The van der Waals surface area contributed by atoms with Crippen LogP contribution in [0.2, 0.25) is 5.02 Å². The number of hydrogen-bond acceptors (Lipinski definition) is 4. The predicted molar refractivity (Wildman–Crippen MR) is 133 cm³/mol. The molecule has 5 nitrogen and oxygen atoms in total. The molecule has 168 valence electrons. The third-order valence-corrected chi connectivity index (χ3v) is 5.54. The number of thioether (sulfide) groups is 1. The van der Waals surface area contributed by atoms with Crippen molar-refractivity contribution < 1.29 is 18.4 Å². The van der Waals surface area contributed by atoms with Gasteiger partial charge in [-0.2, -0.15) is 0 Å². The van der Waals surface area contributed by atoms with Gasteiger partial charge in [-0.15, -0.1) is 17.0 Å². The summed E-state index contributed by atoms with van der Waals surface area (Å²) < 4.78 is 26.6. The number of anilines is 2. The number of nitrogens with zero attached hydrogens (tertiary/aromatic N) is 2. The van der Waals surface area contributed by atoms with Gasteiger partial charge in [-0.25, -0.2) is 13.8 Å². The molecule has 0 spiro atoms. The van der Waals surface area contributed by atoms with E-state index in [1.165, 1.54) is 59.5 Å². The highest BCUT2D eigenvalue weighted by atomic mass is 79.9. The zero-order chi connectivity index (χ0) is 22.7. The van der Waals surface area contributed by atoms with Gasteiger partial charge in [-0.1, -0.05) is 11.6 Å². The number of halogens is 4. The second-order valence-electron chi connectivity index (χ2n) is 6.59. The molecule has 3 aromatic rings. The van der Waals surface area contributed by atoms with Gasteiger partial charge in [0.25, 0.3) is 5.91 Å². The Balaban J connectivity index is 0.00000306. The first-order valence-electron chi connectivity index (χ1n) is 9.29. The summed E-state index contributed by atoms with van der Waals surface area (Å²) in [5.41, 5.74) is 1.31. The Morgan fingerprint density at radius 3 is 2.12 bits per heavy atom. The first-order chi connectivity index (χ1) is 15.4. The summed E-state index contributed by atoms with van der Waals surface area (Å²) in [5, 5.41) is 3.44. The maximum atomic E-state index is 13.4. The molecule has 0 bridgehead atoms. The minimum atomic E-state index is -0.509. The summed E-state index contributed by atoms with van der Waals surface area (Å²) in [5.74, 6) is -1.87. The zero-order valence-corrected chi connectivity index (χ0v) is 20.0. The van der Waals surface area contributed by atoms with Crippen LogP contribution in [0.4, 0.5) is 25.8 Å². The topological polar surface area (TPSA) is 61.8 Å². The average Bonchev–Trinajstić information content (AvgIpc) is 3.06. The van der Waals surface area contributed by atoms with E-state index in [9.17, 15) is 18.4 Å². The number of benzene rings is 3. The first kappa shape index (κ1) is 24.6. The Bertz CT molecular complexity index is 1230. The van der Waals surface area contributed by atoms with Crippen LogP contribution < -0.4 is 10.2 Å². The van der Waals surface area contributed by atoms with Crippen molar-refractivity contribution in [2.24, 2.45) is 4.99 Å². The summed E-state index contributed by atoms with van der Waals surface area (Å²) >= 11 is 6.83. The number of carbonyl (C=O) groups excluding carboxylic acids is 2. The minimum absolute atomic E-state index is 0. The number of hydrogen-bond donors (Lipinski definition) is 1. The summed E-state index contributed by atoms with van der Waals surface area (Å²) in [7, 11) is 0. The number of carbonyl (C=O) groups is 2. The molecule has 1 N–H and O–H groups in total. The van der Waals surface area contributed by atoms with E-state index in [1.54, 1.807) is 24.3 Å². The minimum Gasteiger partial charge on any atom is -0.322 e. The van der Waals surface area contributed by atoms with Crippen LogP contribution >= 0.6 is 40.3 Å². The fourth-order valence-corrected chi connectivity index (χ4v) is 3.92. The second-order valence-corrected chi connectivity index (χ2v) is 8.04. The second kappa shape index (κ2) is 10.7. The maximum absolute atomic E-state index is 13.4.